The van der Waals surface area contributed by atoms with Crippen LogP contribution in [0.2, 0.25) is 0 Å². The minimum Gasteiger partial charge on any atom is -0.294 e. The number of hydrogen-bond donors (Lipinski definition) is 0. The Morgan fingerprint density at radius 1 is 0.368 bits per heavy atom. The topological polar surface area (TPSA) is 43.6 Å². The number of rotatable bonds is 5. The molecular formula is C51H30N4S2. The summed E-state index contributed by atoms with van der Waals surface area (Å²) in [6.07, 6.45) is 1.84. The zero-order valence-electron chi connectivity index (χ0n) is 30.4. The third kappa shape index (κ3) is 5.08. The minimum absolute atomic E-state index is 0.840. The zero-order valence-corrected chi connectivity index (χ0v) is 32.1. The van der Waals surface area contributed by atoms with Crippen molar-refractivity contribution in [3.05, 3.63) is 182 Å². The molecule has 0 fully saturated rings. The van der Waals surface area contributed by atoms with Gasteiger partial charge in [-0.1, -0.05) is 115 Å². The van der Waals surface area contributed by atoms with Crippen LogP contribution >= 0.6 is 22.7 Å². The van der Waals surface area contributed by atoms with Crippen LogP contribution < -0.4 is 0 Å². The highest BCUT2D eigenvalue weighted by Crippen LogP contribution is 2.47. The van der Waals surface area contributed by atoms with Crippen LogP contribution in [0.3, 0.4) is 0 Å². The van der Waals surface area contributed by atoms with E-state index in [0.717, 1.165) is 50.8 Å². The second-order valence-electron chi connectivity index (χ2n) is 14.3. The van der Waals surface area contributed by atoms with Gasteiger partial charge in [0.1, 0.15) is 5.82 Å². The van der Waals surface area contributed by atoms with Gasteiger partial charge in [-0.15, -0.1) is 22.7 Å². The van der Waals surface area contributed by atoms with Crippen molar-refractivity contribution >= 4 is 84.8 Å². The van der Waals surface area contributed by atoms with E-state index in [0.29, 0.717) is 0 Å². The Labute approximate surface area is 335 Å². The van der Waals surface area contributed by atoms with Crippen LogP contribution in [0.1, 0.15) is 0 Å². The number of benzene rings is 6. The smallest absolute Gasteiger partial charge is 0.137 e. The Balaban J connectivity index is 0.949. The fraction of sp³-hybridized carbons (Fsp3) is 0. The molecule has 6 aromatic heterocycles. The number of para-hydroxylation sites is 1. The molecule has 266 valence electrons. The van der Waals surface area contributed by atoms with E-state index in [9.17, 15) is 0 Å². The van der Waals surface area contributed by atoms with Crippen molar-refractivity contribution in [3.8, 4) is 50.8 Å². The first-order valence-electron chi connectivity index (χ1n) is 19.0. The fourth-order valence-electron chi connectivity index (χ4n) is 8.52. The van der Waals surface area contributed by atoms with Crippen molar-refractivity contribution in [1.82, 2.24) is 19.5 Å². The molecule has 12 aromatic rings. The lowest BCUT2D eigenvalue weighted by atomic mass is 10.00. The van der Waals surface area contributed by atoms with Crippen LogP contribution in [-0.4, -0.2) is 19.5 Å². The highest BCUT2D eigenvalue weighted by molar-refractivity contribution is 7.27. The molecule has 6 heteroatoms. The molecule has 0 radical (unpaired) electrons. The van der Waals surface area contributed by atoms with Crippen LogP contribution in [0.15, 0.2) is 182 Å². The number of nitrogens with zero attached hydrogens (tertiary/aromatic N) is 4. The summed E-state index contributed by atoms with van der Waals surface area (Å²) >= 11 is 3.75. The van der Waals surface area contributed by atoms with Crippen molar-refractivity contribution in [1.29, 1.82) is 0 Å². The molecule has 6 aromatic carbocycles. The Morgan fingerprint density at radius 3 is 1.70 bits per heavy atom. The number of aromatic nitrogens is 4. The van der Waals surface area contributed by atoms with Crippen molar-refractivity contribution in [2.24, 2.45) is 0 Å². The summed E-state index contributed by atoms with van der Waals surface area (Å²) in [6.45, 7) is 0. The third-order valence-electron chi connectivity index (χ3n) is 11.1. The van der Waals surface area contributed by atoms with Gasteiger partial charge in [-0.3, -0.25) is 4.57 Å². The minimum atomic E-state index is 0.840. The molecule has 0 atom stereocenters. The third-order valence-corrected chi connectivity index (χ3v) is 13.6. The predicted octanol–water partition coefficient (Wildman–Crippen LogP) is 14.4. The standard InChI is InChI=1S/C51H30N4S2/c1-3-24-45-32(12-1)40-30-31(27-28-46(40)55(45)48-26-5-6-29-52-48)41-20-10-22-43(53-41)44-23-11-21-42(54-44)39-19-9-18-38-37-17-8-16-36(50(37)57-51(38)39)35-15-7-14-34-33-13-2-4-25-47(33)56-49(34)35/h1-30H. The van der Waals surface area contributed by atoms with Crippen LogP contribution in [0.4, 0.5) is 0 Å². The lowest BCUT2D eigenvalue weighted by molar-refractivity contribution is 1.08. The quantitative estimate of drug-likeness (QED) is 0.175. The second-order valence-corrected chi connectivity index (χ2v) is 16.4. The SMILES string of the molecule is c1ccc(-n2c3ccccc3c3cc(-c4cccc(-c5cccc(-c6cccc7c6sc6c(-c8cccc9c8sc8ccccc89)cccc67)n5)n4)ccc32)nc1. The average molecular weight is 763 g/mol. The van der Waals surface area contributed by atoms with Crippen molar-refractivity contribution in [2.75, 3.05) is 0 Å². The first kappa shape index (κ1) is 32.3. The largest absolute Gasteiger partial charge is 0.294 e. The number of fused-ring (bicyclic) bond motifs is 9. The molecule has 12 rings (SSSR count). The summed E-state index contributed by atoms with van der Waals surface area (Å²) in [5, 5.41) is 7.52. The number of hydrogen-bond acceptors (Lipinski definition) is 5. The highest BCUT2D eigenvalue weighted by Gasteiger charge is 2.18. The van der Waals surface area contributed by atoms with Gasteiger partial charge in [0, 0.05) is 79.6 Å². The van der Waals surface area contributed by atoms with E-state index in [1.165, 1.54) is 62.2 Å². The van der Waals surface area contributed by atoms with Gasteiger partial charge < -0.3 is 0 Å². The lowest BCUT2D eigenvalue weighted by Crippen LogP contribution is -1.96. The lowest BCUT2D eigenvalue weighted by Gasteiger charge is -2.09. The highest BCUT2D eigenvalue weighted by atomic mass is 32.1. The van der Waals surface area contributed by atoms with Gasteiger partial charge >= 0.3 is 0 Å². The van der Waals surface area contributed by atoms with E-state index < -0.39 is 0 Å². The van der Waals surface area contributed by atoms with E-state index in [1.807, 2.05) is 41.0 Å². The Kier molecular flexibility index (Phi) is 7.24. The van der Waals surface area contributed by atoms with Gasteiger partial charge in [0.05, 0.1) is 33.8 Å². The van der Waals surface area contributed by atoms with E-state index in [-0.39, 0.29) is 0 Å². The summed E-state index contributed by atoms with van der Waals surface area (Å²) in [4.78, 5) is 15.2. The molecule has 57 heavy (non-hydrogen) atoms. The Bertz CT molecular complexity index is 3540. The summed E-state index contributed by atoms with van der Waals surface area (Å²) in [5.74, 6) is 0.902. The van der Waals surface area contributed by atoms with Gasteiger partial charge in [-0.2, -0.15) is 0 Å². The van der Waals surface area contributed by atoms with Crippen LogP contribution in [0.5, 0.6) is 0 Å². The van der Waals surface area contributed by atoms with E-state index in [2.05, 4.69) is 173 Å². The Morgan fingerprint density at radius 2 is 0.930 bits per heavy atom. The van der Waals surface area contributed by atoms with Gasteiger partial charge in [0.15, 0.2) is 0 Å². The second kappa shape index (κ2) is 12.8. The van der Waals surface area contributed by atoms with Crippen molar-refractivity contribution in [2.45, 2.75) is 0 Å². The molecule has 0 amide bonds. The maximum absolute atomic E-state index is 5.28. The molecule has 0 N–H and O–H groups in total. The molecule has 4 nitrogen and oxygen atoms in total. The summed E-state index contributed by atoms with van der Waals surface area (Å²) in [7, 11) is 0. The molecule has 0 bridgehead atoms. The van der Waals surface area contributed by atoms with Gasteiger partial charge in [0.25, 0.3) is 0 Å². The molecule has 0 aliphatic rings. The van der Waals surface area contributed by atoms with E-state index in [1.54, 1.807) is 0 Å². The van der Waals surface area contributed by atoms with Gasteiger partial charge in [-0.05, 0) is 60.7 Å². The first-order chi connectivity index (χ1) is 28.3. The van der Waals surface area contributed by atoms with E-state index in [4.69, 9.17) is 9.97 Å². The summed E-state index contributed by atoms with van der Waals surface area (Å²) in [6, 6.07) is 62.5. The van der Waals surface area contributed by atoms with Crippen LogP contribution in [0, 0.1) is 0 Å². The molecule has 0 saturated heterocycles. The summed E-state index contributed by atoms with van der Waals surface area (Å²) in [5.41, 5.74) is 10.5. The molecular weight excluding hydrogens is 733 g/mol. The maximum Gasteiger partial charge on any atom is 0.137 e. The number of thiophene rings is 2. The average Bonchev–Trinajstić information content (AvgIpc) is 3.96. The molecule has 0 unspecified atom stereocenters. The molecule has 6 heterocycles. The molecule has 0 saturated carbocycles. The molecule has 0 aliphatic heterocycles. The fourth-order valence-corrected chi connectivity index (χ4v) is 11.1. The molecule has 0 aliphatic carbocycles. The van der Waals surface area contributed by atoms with E-state index >= 15 is 0 Å². The van der Waals surface area contributed by atoms with Crippen molar-refractivity contribution in [3.63, 3.8) is 0 Å². The zero-order chi connectivity index (χ0) is 37.5. The number of pyridine rings is 3. The van der Waals surface area contributed by atoms with Crippen LogP contribution in [0.25, 0.3) is 113 Å². The maximum atomic E-state index is 5.28. The summed E-state index contributed by atoms with van der Waals surface area (Å²) < 4.78 is 7.44. The van der Waals surface area contributed by atoms with Crippen molar-refractivity contribution < 1.29 is 0 Å². The Hall–Kier alpha value is -6.99. The molecule has 0 spiro atoms. The first-order valence-corrected chi connectivity index (χ1v) is 20.6. The van der Waals surface area contributed by atoms with Gasteiger partial charge in [-0.25, -0.2) is 15.0 Å². The normalized spacial score (nSPS) is 11.9. The van der Waals surface area contributed by atoms with Gasteiger partial charge in [0.2, 0.25) is 0 Å². The predicted molar refractivity (Wildman–Crippen MR) is 242 cm³/mol. The monoisotopic (exact) mass is 762 g/mol. The van der Waals surface area contributed by atoms with Crippen LogP contribution in [-0.2, 0) is 0 Å².